The van der Waals surface area contributed by atoms with E-state index in [4.69, 9.17) is 28.4 Å². The highest BCUT2D eigenvalue weighted by molar-refractivity contribution is 5.57. The lowest BCUT2D eigenvalue weighted by Crippen LogP contribution is -2.30. The van der Waals surface area contributed by atoms with Crippen molar-refractivity contribution in [2.75, 3.05) is 7.11 Å². The number of ether oxygens (including phenoxy) is 6. The van der Waals surface area contributed by atoms with Crippen molar-refractivity contribution in [1.29, 1.82) is 0 Å². The number of fused-ring (bicyclic) bond motifs is 1. The number of aliphatic hydroxyl groups excluding tert-OH is 1. The molecule has 0 radical (unpaired) electrons. The maximum Gasteiger partial charge on any atom is 0.203 e. The molecule has 0 unspecified atom stereocenters. The third kappa shape index (κ3) is 8.46. The van der Waals surface area contributed by atoms with Gasteiger partial charge in [-0.3, -0.25) is 0 Å². The van der Waals surface area contributed by atoms with E-state index in [9.17, 15) is 5.11 Å². The van der Waals surface area contributed by atoms with Crippen LogP contribution in [0.1, 0.15) is 39.5 Å². The van der Waals surface area contributed by atoms with Gasteiger partial charge in [-0.15, -0.1) is 0 Å². The fourth-order valence-corrected chi connectivity index (χ4v) is 6.04. The van der Waals surface area contributed by atoms with E-state index in [1.807, 2.05) is 146 Å². The lowest BCUT2D eigenvalue weighted by molar-refractivity contribution is 0.0191. The second-order valence-electron chi connectivity index (χ2n) is 12.4. The Morgan fingerprint density at radius 3 is 1.55 bits per heavy atom. The van der Waals surface area contributed by atoms with Gasteiger partial charge in [0.25, 0.3) is 0 Å². The molecule has 1 aliphatic heterocycles. The van der Waals surface area contributed by atoms with Gasteiger partial charge in [0.05, 0.1) is 13.2 Å². The van der Waals surface area contributed by atoms with Gasteiger partial charge >= 0.3 is 0 Å². The van der Waals surface area contributed by atoms with Crippen LogP contribution in [0.15, 0.2) is 146 Å². The molecule has 0 saturated carbocycles. The second kappa shape index (κ2) is 16.2. The molecule has 1 N–H and O–H groups in total. The summed E-state index contributed by atoms with van der Waals surface area (Å²) in [7, 11) is 1.59. The molecule has 0 aliphatic carbocycles. The molecular formula is C44H40O7. The summed E-state index contributed by atoms with van der Waals surface area (Å²) in [5.41, 5.74) is 5.54. The fourth-order valence-electron chi connectivity index (χ4n) is 6.04. The zero-order valence-electron chi connectivity index (χ0n) is 28.4. The zero-order valence-corrected chi connectivity index (χ0v) is 28.4. The van der Waals surface area contributed by atoms with Crippen LogP contribution in [0.3, 0.4) is 0 Å². The summed E-state index contributed by atoms with van der Waals surface area (Å²) in [5, 5.41) is 11.7. The largest absolute Gasteiger partial charge is 0.493 e. The average molecular weight is 681 g/mol. The molecule has 0 bridgehead atoms. The van der Waals surface area contributed by atoms with Crippen LogP contribution in [-0.4, -0.2) is 18.3 Å². The van der Waals surface area contributed by atoms with Crippen molar-refractivity contribution >= 4 is 0 Å². The Morgan fingerprint density at radius 1 is 0.549 bits per heavy atom. The topological polar surface area (TPSA) is 75.6 Å². The minimum atomic E-state index is -0.893. The van der Waals surface area contributed by atoms with Gasteiger partial charge in [0.2, 0.25) is 5.75 Å². The molecule has 6 aromatic carbocycles. The summed E-state index contributed by atoms with van der Waals surface area (Å²) < 4.78 is 37.8. The molecule has 51 heavy (non-hydrogen) atoms. The quantitative estimate of drug-likeness (QED) is 0.123. The highest BCUT2D eigenvalue weighted by Gasteiger charge is 2.34. The van der Waals surface area contributed by atoms with E-state index in [2.05, 4.69) is 0 Å². The maximum atomic E-state index is 11.7. The Bertz CT molecular complexity index is 2000. The first kappa shape index (κ1) is 33.6. The lowest BCUT2D eigenvalue weighted by atomic mass is 9.93. The molecule has 1 aliphatic rings. The number of benzene rings is 6. The Morgan fingerprint density at radius 2 is 1.02 bits per heavy atom. The van der Waals surface area contributed by atoms with Crippen LogP contribution in [0.2, 0.25) is 0 Å². The molecule has 258 valence electrons. The molecule has 7 rings (SSSR count). The van der Waals surface area contributed by atoms with E-state index in [1.165, 1.54) is 0 Å². The van der Waals surface area contributed by atoms with Crippen LogP contribution in [0.25, 0.3) is 0 Å². The van der Waals surface area contributed by atoms with Crippen molar-refractivity contribution in [3.05, 3.63) is 179 Å². The molecule has 1 heterocycles. The summed E-state index contributed by atoms with van der Waals surface area (Å²) in [6.45, 7) is 1.38. The van der Waals surface area contributed by atoms with Gasteiger partial charge in [0.15, 0.2) is 17.6 Å². The number of hydrogen-bond donors (Lipinski definition) is 1. The minimum Gasteiger partial charge on any atom is -0.493 e. The standard InChI is InChI=1S/C44H40O7/c1-46-41-22-35(23-42(49-29-33-18-10-4-11-19-33)44(41)50-30-34-20-12-5-13-21-34)43-38(45)26-37-39(48-28-32-16-8-3-9-17-32)24-36(25-40(37)51-43)47-27-31-14-6-2-7-15-31/h2-25,38,43,45H,26-30H2,1H3/t38-,43+/m1/s1. The molecule has 0 aromatic heterocycles. The summed E-state index contributed by atoms with van der Waals surface area (Å²) in [6, 6.07) is 47.3. The second-order valence-corrected chi connectivity index (χ2v) is 12.4. The molecule has 0 saturated heterocycles. The Labute approximate surface area is 298 Å². The molecular weight excluding hydrogens is 640 g/mol. The fraction of sp³-hybridized carbons (Fsp3) is 0.182. The van der Waals surface area contributed by atoms with Gasteiger partial charge < -0.3 is 33.5 Å². The Balaban J connectivity index is 1.20. The van der Waals surface area contributed by atoms with E-state index in [-0.39, 0.29) is 0 Å². The van der Waals surface area contributed by atoms with Gasteiger partial charge in [-0.2, -0.15) is 0 Å². The average Bonchev–Trinajstić information content (AvgIpc) is 3.19. The first-order valence-corrected chi connectivity index (χ1v) is 17.0. The molecule has 7 heteroatoms. The highest BCUT2D eigenvalue weighted by Crippen LogP contribution is 2.47. The van der Waals surface area contributed by atoms with Gasteiger partial charge in [-0.05, 0) is 34.4 Å². The van der Waals surface area contributed by atoms with Crippen LogP contribution in [0.5, 0.6) is 34.5 Å². The predicted octanol–water partition coefficient (Wildman–Crippen LogP) is 9.05. The predicted molar refractivity (Wildman–Crippen MR) is 196 cm³/mol. The number of aliphatic hydroxyl groups is 1. The van der Waals surface area contributed by atoms with Crippen LogP contribution in [0, 0.1) is 0 Å². The molecule has 7 nitrogen and oxygen atoms in total. The zero-order chi connectivity index (χ0) is 34.8. The molecule has 6 aromatic rings. The highest BCUT2D eigenvalue weighted by atomic mass is 16.5. The minimum absolute atomic E-state index is 0.303. The van der Waals surface area contributed by atoms with Crippen LogP contribution in [-0.2, 0) is 32.8 Å². The maximum absolute atomic E-state index is 11.7. The van der Waals surface area contributed by atoms with Gasteiger partial charge in [0.1, 0.15) is 43.7 Å². The SMILES string of the molecule is COc1cc([C@@H]2Oc3cc(OCc4ccccc4)cc(OCc4ccccc4)c3C[C@H]2O)cc(OCc2ccccc2)c1OCc1ccccc1. The first-order chi connectivity index (χ1) is 25.1. The normalized spacial score (nSPS) is 14.9. The van der Waals surface area contributed by atoms with E-state index in [0.717, 1.165) is 27.8 Å². The third-order valence-electron chi connectivity index (χ3n) is 8.70. The number of rotatable bonds is 14. The number of methoxy groups -OCH3 is 1. The molecule has 0 amide bonds. The lowest BCUT2D eigenvalue weighted by Gasteiger charge is -2.33. The van der Waals surface area contributed by atoms with Crippen molar-refractivity contribution < 1.29 is 33.5 Å². The summed E-state index contributed by atoms with van der Waals surface area (Å²) in [5.74, 6) is 3.21. The van der Waals surface area contributed by atoms with Crippen LogP contribution >= 0.6 is 0 Å². The Kier molecular flexibility index (Phi) is 10.7. The van der Waals surface area contributed by atoms with E-state index in [1.54, 1.807) is 7.11 Å². The van der Waals surface area contributed by atoms with Crippen molar-refractivity contribution in [3.63, 3.8) is 0 Å². The summed E-state index contributed by atoms with van der Waals surface area (Å²) in [6.07, 6.45) is -1.33. The van der Waals surface area contributed by atoms with Crippen molar-refractivity contribution in [2.45, 2.75) is 45.1 Å². The van der Waals surface area contributed by atoms with Crippen LogP contribution < -0.4 is 28.4 Å². The van der Waals surface area contributed by atoms with Crippen molar-refractivity contribution in [3.8, 4) is 34.5 Å². The smallest absolute Gasteiger partial charge is 0.203 e. The Hall–Kier alpha value is -5.92. The van der Waals surface area contributed by atoms with E-state index in [0.29, 0.717) is 72.9 Å². The van der Waals surface area contributed by atoms with E-state index < -0.39 is 12.2 Å². The van der Waals surface area contributed by atoms with E-state index >= 15 is 0 Å². The molecule has 2 atom stereocenters. The third-order valence-corrected chi connectivity index (χ3v) is 8.70. The van der Waals surface area contributed by atoms with Crippen molar-refractivity contribution in [1.82, 2.24) is 0 Å². The molecule has 0 fully saturated rings. The van der Waals surface area contributed by atoms with Gasteiger partial charge in [-0.25, -0.2) is 0 Å². The van der Waals surface area contributed by atoms with Gasteiger partial charge in [0, 0.05) is 29.7 Å². The van der Waals surface area contributed by atoms with Crippen LogP contribution in [0.4, 0.5) is 0 Å². The summed E-state index contributed by atoms with van der Waals surface area (Å²) in [4.78, 5) is 0. The molecule has 0 spiro atoms. The first-order valence-electron chi connectivity index (χ1n) is 17.0. The number of hydrogen-bond acceptors (Lipinski definition) is 7. The van der Waals surface area contributed by atoms with Crippen molar-refractivity contribution in [2.24, 2.45) is 0 Å². The van der Waals surface area contributed by atoms with Gasteiger partial charge in [-0.1, -0.05) is 121 Å². The monoisotopic (exact) mass is 680 g/mol. The summed E-state index contributed by atoms with van der Waals surface area (Å²) >= 11 is 0.